The van der Waals surface area contributed by atoms with Gasteiger partial charge in [-0.05, 0) is 35.4 Å². The van der Waals surface area contributed by atoms with E-state index in [0.717, 1.165) is 16.9 Å². The van der Waals surface area contributed by atoms with E-state index < -0.39 is 0 Å². The zero-order valence-electron chi connectivity index (χ0n) is 11.5. The van der Waals surface area contributed by atoms with Crippen molar-refractivity contribution in [3.8, 4) is 5.75 Å². The molecule has 0 saturated carbocycles. The highest BCUT2D eigenvalue weighted by atomic mass is 16.5. The van der Waals surface area contributed by atoms with E-state index in [1.54, 1.807) is 19.2 Å². The van der Waals surface area contributed by atoms with Crippen LogP contribution in [0, 0.1) is 0 Å². The van der Waals surface area contributed by atoms with Crippen LogP contribution in [0.15, 0.2) is 48.5 Å². The maximum atomic E-state index is 11.5. The van der Waals surface area contributed by atoms with Crippen LogP contribution in [0.5, 0.6) is 5.75 Å². The molecule has 2 aromatic rings. The van der Waals surface area contributed by atoms with Gasteiger partial charge in [0.25, 0.3) is 0 Å². The van der Waals surface area contributed by atoms with Gasteiger partial charge in [-0.3, -0.25) is 0 Å². The van der Waals surface area contributed by atoms with E-state index in [2.05, 4.69) is 0 Å². The molecule has 0 saturated heterocycles. The number of hydrogen-bond donors (Lipinski definition) is 0. The van der Waals surface area contributed by atoms with Gasteiger partial charge < -0.3 is 9.47 Å². The zero-order valence-corrected chi connectivity index (χ0v) is 11.5. The maximum Gasteiger partial charge on any atom is 0.337 e. The van der Waals surface area contributed by atoms with Crippen LogP contribution in [0.4, 0.5) is 0 Å². The van der Waals surface area contributed by atoms with Crippen LogP contribution in [0.1, 0.15) is 21.5 Å². The van der Waals surface area contributed by atoms with E-state index in [1.165, 1.54) is 7.11 Å². The maximum absolute atomic E-state index is 11.5. The summed E-state index contributed by atoms with van der Waals surface area (Å²) in [6.45, 7) is 0. The number of methoxy groups -OCH3 is 2. The first-order valence-electron chi connectivity index (χ1n) is 6.23. The van der Waals surface area contributed by atoms with Gasteiger partial charge in [-0.1, -0.05) is 36.4 Å². The lowest BCUT2D eigenvalue weighted by Gasteiger charge is -2.01. The van der Waals surface area contributed by atoms with Gasteiger partial charge in [0.1, 0.15) is 5.75 Å². The largest absolute Gasteiger partial charge is 0.497 e. The van der Waals surface area contributed by atoms with Crippen molar-refractivity contribution >= 4 is 18.1 Å². The highest BCUT2D eigenvalue weighted by Gasteiger charge is 2.03. The topological polar surface area (TPSA) is 35.5 Å². The SMILES string of the molecule is COC(=O)c1cccc(C=Cc2cccc(OC)c2)c1. The highest BCUT2D eigenvalue weighted by molar-refractivity contribution is 5.90. The molecular formula is C17H16O3. The van der Waals surface area contributed by atoms with Crippen molar-refractivity contribution in [2.45, 2.75) is 0 Å². The Balaban J connectivity index is 2.20. The fourth-order valence-corrected chi connectivity index (χ4v) is 1.82. The molecule has 0 aliphatic rings. The summed E-state index contributed by atoms with van der Waals surface area (Å²) in [6.07, 6.45) is 3.92. The van der Waals surface area contributed by atoms with Crippen molar-refractivity contribution < 1.29 is 14.3 Å². The molecule has 102 valence electrons. The van der Waals surface area contributed by atoms with Gasteiger partial charge >= 0.3 is 5.97 Å². The van der Waals surface area contributed by atoms with E-state index in [1.807, 2.05) is 48.6 Å². The average molecular weight is 268 g/mol. The first-order valence-corrected chi connectivity index (χ1v) is 6.23. The van der Waals surface area contributed by atoms with Crippen molar-refractivity contribution in [3.05, 3.63) is 65.2 Å². The molecule has 0 fully saturated rings. The molecule has 0 aliphatic carbocycles. The Morgan fingerprint density at radius 2 is 1.60 bits per heavy atom. The molecule has 0 N–H and O–H groups in total. The summed E-state index contributed by atoms with van der Waals surface area (Å²) in [5, 5.41) is 0. The number of carbonyl (C=O) groups is 1. The predicted molar refractivity (Wildman–Crippen MR) is 79.7 cm³/mol. The molecule has 2 rings (SSSR count). The number of benzene rings is 2. The molecule has 0 bridgehead atoms. The molecule has 3 nitrogen and oxygen atoms in total. The molecule has 3 heteroatoms. The van der Waals surface area contributed by atoms with Crippen molar-refractivity contribution in [3.63, 3.8) is 0 Å². The second kappa shape index (κ2) is 6.57. The van der Waals surface area contributed by atoms with Crippen molar-refractivity contribution in [2.75, 3.05) is 14.2 Å². The molecule has 0 amide bonds. The quantitative estimate of drug-likeness (QED) is 0.627. The van der Waals surface area contributed by atoms with E-state index in [0.29, 0.717) is 5.56 Å². The van der Waals surface area contributed by atoms with Gasteiger partial charge in [-0.25, -0.2) is 4.79 Å². The highest BCUT2D eigenvalue weighted by Crippen LogP contribution is 2.16. The summed E-state index contributed by atoms with van der Waals surface area (Å²) in [7, 11) is 3.02. The number of hydrogen-bond acceptors (Lipinski definition) is 3. The Bertz CT molecular complexity index is 630. The monoisotopic (exact) mass is 268 g/mol. The summed E-state index contributed by atoms with van der Waals surface area (Å²) in [5.41, 5.74) is 2.52. The van der Waals surface area contributed by atoms with Crippen LogP contribution >= 0.6 is 0 Å². The van der Waals surface area contributed by atoms with E-state index >= 15 is 0 Å². The number of rotatable bonds is 4. The molecule has 2 aromatic carbocycles. The standard InChI is InChI=1S/C17H16O3/c1-19-16-8-4-6-14(12-16)10-9-13-5-3-7-15(11-13)17(18)20-2/h3-12H,1-2H3. The van der Waals surface area contributed by atoms with E-state index in [4.69, 9.17) is 9.47 Å². The van der Waals surface area contributed by atoms with Gasteiger partial charge in [-0.15, -0.1) is 0 Å². The third-order valence-corrected chi connectivity index (χ3v) is 2.87. The summed E-state index contributed by atoms with van der Waals surface area (Å²) >= 11 is 0. The van der Waals surface area contributed by atoms with Crippen LogP contribution in [0.2, 0.25) is 0 Å². The molecule has 0 spiro atoms. The van der Waals surface area contributed by atoms with Crippen LogP contribution in [-0.4, -0.2) is 20.2 Å². The smallest absolute Gasteiger partial charge is 0.337 e. The van der Waals surface area contributed by atoms with Gasteiger partial charge in [-0.2, -0.15) is 0 Å². The zero-order chi connectivity index (χ0) is 14.4. The average Bonchev–Trinajstić information content (AvgIpc) is 2.52. The Labute approximate surface area is 118 Å². The fraction of sp³-hybridized carbons (Fsp3) is 0.118. The predicted octanol–water partition coefficient (Wildman–Crippen LogP) is 3.65. The summed E-state index contributed by atoms with van der Waals surface area (Å²) in [5.74, 6) is 0.483. The summed E-state index contributed by atoms with van der Waals surface area (Å²) in [4.78, 5) is 11.5. The first-order chi connectivity index (χ1) is 9.72. The van der Waals surface area contributed by atoms with E-state index in [-0.39, 0.29) is 5.97 Å². The normalized spacial score (nSPS) is 10.5. The van der Waals surface area contributed by atoms with E-state index in [9.17, 15) is 4.79 Å². The minimum Gasteiger partial charge on any atom is -0.497 e. The third kappa shape index (κ3) is 3.48. The van der Waals surface area contributed by atoms with Gasteiger partial charge in [0, 0.05) is 0 Å². The number of carbonyl (C=O) groups excluding carboxylic acids is 1. The Morgan fingerprint density at radius 1 is 0.950 bits per heavy atom. The molecule has 0 aliphatic heterocycles. The van der Waals surface area contributed by atoms with Crippen molar-refractivity contribution in [1.29, 1.82) is 0 Å². The molecule has 0 radical (unpaired) electrons. The first kappa shape index (κ1) is 13.9. The second-order valence-corrected chi connectivity index (χ2v) is 4.23. The van der Waals surface area contributed by atoms with Crippen LogP contribution < -0.4 is 4.74 Å². The van der Waals surface area contributed by atoms with Crippen LogP contribution in [0.25, 0.3) is 12.2 Å². The summed E-state index contributed by atoms with van der Waals surface area (Å²) < 4.78 is 9.88. The lowest BCUT2D eigenvalue weighted by molar-refractivity contribution is 0.0600. The molecular weight excluding hydrogens is 252 g/mol. The van der Waals surface area contributed by atoms with Crippen LogP contribution in [-0.2, 0) is 4.74 Å². The Morgan fingerprint density at radius 3 is 2.25 bits per heavy atom. The molecule has 0 heterocycles. The van der Waals surface area contributed by atoms with Gasteiger partial charge in [0.05, 0.1) is 19.8 Å². The number of ether oxygens (including phenoxy) is 2. The van der Waals surface area contributed by atoms with Gasteiger partial charge in [0.2, 0.25) is 0 Å². The number of esters is 1. The lowest BCUT2D eigenvalue weighted by atomic mass is 10.1. The fourth-order valence-electron chi connectivity index (χ4n) is 1.82. The second-order valence-electron chi connectivity index (χ2n) is 4.23. The van der Waals surface area contributed by atoms with Crippen LogP contribution in [0.3, 0.4) is 0 Å². The molecule has 0 aromatic heterocycles. The third-order valence-electron chi connectivity index (χ3n) is 2.87. The summed E-state index contributed by atoms with van der Waals surface area (Å²) in [6, 6.07) is 15.1. The van der Waals surface area contributed by atoms with Crippen molar-refractivity contribution in [1.82, 2.24) is 0 Å². The van der Waals surface area contributed by atoms with Gasteiger partial charge in [0.15, 0.2) is 0 Å². The van der Waals surface area contributed by atoms with Crippen molar-refractivity contribution in [2.24, 2.45) is 0 Å². The Kier molecular flexibility index (Phi) is 4.56. The Hall–Kier alpha value is -2.55. The lowest BCUT2D eigenvalue weighted by Crippen LogP contribution is -2.00. The molecule has 0 atom stereocenters. The minimum atomic E-state index is -0.332. The molecule has 0 unspecified atom stereocenters. The minimum absolute atomic E-state index is 0.332. The molecule has 20 heavy (non-hydrogen) atoms.